The molecule has 2 aromatic rings. The number of hydrogen-bond acceptors (Lipinski definition) is 1. The van der Waals surface area contributed by atoms with E-state index in [1.54, 1.807) is 6.07 Å². The first kappa shape index (κ1) is 12.1. The van der Waals surface area contributed by atoms with Gasteiger partial charge in [0.1, 0.15) is 5.82 Å². The Morgan fingerprint density at radius 1 is 1.17 bits per heavy atom. The molecule has 0 unspecified atom stereocenters. The summed E-state index contributed by atoms with van der Waals surface area (Å²) in [4.78, 5) is 0. The van der Waals surface area contributed by atoms with Crippen LogP contribution in [0.2, 0.25) is 0 Å². The van der Waals surface area contributed by atoms with Crippen LogP contribution in [-0.4, -0.2) is 0 Å². The third-order valence-corrected chi connectivity index (χ3v) is 2.76. The smallest absolute Gasteiger partial charge is 0.131 e. The van der Waals surface area contributed by atoms with Crippen molar-refractivity contribution in [3.05, 3.63) is 77.1 Å². The number of benzene rings is 2. The second-order valence-corrected chi connectivity index (χ2v) is 3.87. The Kier molecular flexibility index (Phi) is 3.54. The quantitative estimate of drug-likeness (QED) is 0.769. The summed E-state index contributed by atoms with van der Waals surface area (Å²) in [5.74, 6) is -0.314. The molecule has 0 fully saturated rings. The normalized spacial score (nSPS) is 11.1. The Morgan fingerprint density at radius 3 is 2.50 bits per heavy atom. The van der Waals surface area contributed by atoms with Gasteiger partial charge in [-0.3, -0.25) is 0 Å². The van der Waals surface area contributed by atoms with Crippen LogP contribution >= 0.6 is 0 Å². The van der Waals surface area contributed by atoms with Crippen LogP contribution in [0, 0.1) is 17.1 Å². The van der Waals surface area contributed by atoms with Crippen LogP contribution < -0.4 is 0 Å². The molecular formula is C16H12FN. The third kappa shape index (κ3) is 2.31. The van der Waals surface area contributed by atoms with Crippen molar-refractivity contribution in [1.29, 1.82) is 5.26 Å². The molecule has 0 saturated carbocycles. The van der Waals surface area contributed by atoms with Crippen LogP contribution in [0.25, 0.3) is 5.57 Å². The maximum Gasteiger partial charge on any atom is 0.131 e. The summed E-state index contributed by atoms with van der Waals surface area (Å²) in [5, 5.41) is 8.89. The Labute approximate surface area is 106 Å². The minimum atomic E-state index is -0.314. The molecule has 2 rings (SSSR count). The maximum atomic E-state index is 13.9. The standard InChI is InChI=1S/C16H12FN/c1-2-14(13-6-4-3-5-7-13)15-10-12(11-18)8-9-16(15)17/h2-10H,1H3/b14-2+. The van der Waals surface area contributed by atoms with Crippen molar-refractivity contribution in [2.45, 2.75) is 6.92 Å². The first-order valence-corrected chi connectivity index (χ1v) is 5.68. The van der Waals surface area contributed by atoms with Crippen LogP contribution in [0.1, 0.15) is 23.6 Å². The zero-order valence-electron chi connectivity index (χ0n) is 10.0. The van der Waals surface area contributed by atoms with Gasteiger partial charge >= 0.3 is 0 Å². The third-order valence-electron chi connectivity index (χ3n) is 2.76. The van der Waals surface area contributed by atoms with Gasteiger partial charge in [-0.1, -0.05) is 36.4 Å². The number of nitrogens with zero attached hydrogens (tertiary/aromatic N) is 1. The van der Waals surface area contributed by atoms with E-state index < -0.39 is 0 Å². The van der Waals surface area contributed by atoms with Gasteiger partial charge in [0.05, 0.1) is 11.6 Å². The van der Waals surface area contributed by atoms with E-state index in [9.17, 15) is 4.39 Å². The minimum Gasteiger partial charge on any atom is -0.206 e. The summed E-state index contributed by atoms with van der Waals surface area (Å²) in [6.45, 7) is 1.86. The number of rotatable bonds is 2. The molecular weight excluding hydrogens is 225 g/mol. The minimum absolute atomic E-state index is 0.314. The largest absolute Gasteiger partial charge is 0.206 e. The van der Waals surface area contributed by atoms with E-state index in [-0.39, 0.29) is 5.82 Å². The molecule has 0 aliphatic carbocycles. The topological polar surface area (TPSA) is 23.8 Å². The molecule has 1 nitrogen and oxygen atoms in total. The highest BCUT2D eigenvalue weighted by Gasteiger charge is 2.10. The van der Waals surface area contributed by atoms with E-state index in [1.165, 1.54) is 12.1 Å². The monoisotopic (exact) mass is 237 g/mol. The van der Waals surface area contributed by atoms with Gasteiger partial charge in [-0.05, 0) is 36.3 Å². The van der Waals surface area contributed by atoms with Crippen molar-refractivity contribution in [2.75, 3.05) is 0 Å². The molecule has 0 heterocycles. The van der Waals surface area contributed by atoms with E-state index in [0.29, 0.717) is 11.1 Å². The molecule has 2 heteroatoms. The highest BCUT2D eigenvalue weighted by atomic mass is 19.1. The number of nitriles is 1. The van der Waals surface area contributed by atoms with Crippen molar-refractivity contribution in [3.8, 4) is 6.07 Å². The van der Waals surface area contributed by atoms with Crippen LogP contribution in [0.4, 0.5) is 4.39 Å². The molecule has 0 spiro atoms. The first-order valence-electron chi connectivity index (χ1n) is 5.68. The van der Waals surface area contributed by atoms with Gasteiger partial charge in [-0.25, -0.2) is 4.39 Å². The van der Waals surface area contributed by atoms with Crippen molar-refractivity contribution in [2.24, 2.45) is 0 Å². The summed E-state index contributed by atoms with van der Waals surface area (Å²) >= 11 is 0. The number of allylic oxidation sites excluding steroid dienone is 1. The van der Waals surface area contributed by atoms with Crippen molar-refractivity contribution in [3.63, 3.8) is 0 Å². The SMILES string of the molecule is C/C=C(\c1ccccc1)c1cc(C#N)ccc1F. The van der Waals surface area contributed by atoms with E-state index in [4.69, 9.17) is 5.26 Å². The van der Waals surface area contributed by atoms with E-state index >= 15 is 0 Å². The van der Waals surface area contributed by atoms with Crippen LogP contribution in [-0.2, 0) is 0 Å². The molecule has 0 saturated heterocycles. The summed E-state index contributed by atoms with van der Waals surface area (Å²) < 4.78 is 13.9. The predicted molar refractivity (Wildman–Crippen MR) is 70.3 cm³/mol. The van der Waals surface area contributed by atoms with Gasteiger partial charge in [0.15, 0.2) is 0 Å². The molecule has 0 atom stereocenters. The molecule has 0 radical (unpaired) electrons. The lowest BCUT2D eigenvalue weighted by Crippen LogP contribution is -1.93. The number of hydrogen-bond donors (Lipinski definition) is 0. The zero-order valence-corrected chi connectivity index (χ0v) is 10.0. The average molecular weight is 237 g/mol. The van der Waals surface area contributed by atoms with Crippen molar-refractivity contribution < 1.29 is 4.39 Å². The molecule has 18 heavy (non-hydrogen) atoms. The molecule has 2 aromatic carbocycles. The Morgan fingerprint density at radius 2 is 1.89 bits per heavy atom. The Bertz CT molecular complexity index is 621. The average Bonchev–Trinajstić information content (AvgIpc) is 2.43. The van der Waals surface area contributed by atoms with Gasteiger partial charge < -0.3 is 0 Å². The van der Waals surface area contributed by atoms with Crippen LogP contribution in [0.5, 0.6) is 0 Å². The molecule has 0 aliphatic rings. The van der Waals surface area contributed by atoms with Gasteiger partial charge in [-0.15, -0.1) is 0 Å². The van der Waals surface area contributed by atoms with Crippen LogP contribution in [0.3, 0.4) is 0 Å². The number of halogens is 1. The maximum absolute atomic E-state index is 13.9. The lowest BCUT2D eigenvalue weighted by molar-refractivity contribution is 0.624. The Balaban J connectivity index is 2.57. The highest BCUT2D eigenvalue weighted by Crippen LogP contribution is 2.26. The van der Waals surface area contributed by atoms with Crippen LogP contribution in [0.15, 0.2) is 54.6 Å². The highest BCUT2D eigenvalue weighted by molar-refractivity contribution is 5.80. The fourth-order valence-electron chi connectivity index (χ4n) is 1.90. The van der Waals surface area contributed by atoms with Gasteiger partial charge in [-0.2, -0.15) is 5.26 Å². The van der Waals surface area contributed by atoms with Gasteiger partial charge in [0.2, 0.25) is 0 Å². The van der Waals surface area contributed by atoms with Gasteiger partial charge in [0.25, 0.3) is 0 Å². The molecule has 0 amide bonds. The zero-order chi connectivity index (χ0) is 13.0. The van der Waals surface area contributed by atoms with E-state index in [2.05, 4.69) is 0 Å². The summed E-state index contributed by atoms with van der Waals surface area (Å²) in [7, 11) is 0. The lowest BCUT2D eigenvalue weighted by atomic mass is 9.96. The second kappa shape index (κ2) is 5.29. The van der Waals surface area contributed by atoms with E-state index in [1.807, 2.05) is 49.4 Å². The molecule has 0 bridgehead atoms. The second-order valence-electron chi connectivity index (χ2n) is 3.87. The molecule has 0 N–H and O–H groups in total. The van der Waals surface area contributed by atoms with Gasteiger partial charge in [0, 0.05) is 5.56 Å². The Hall–Kier alpha value is -2.40. The predicted octanol–water partition coefficient (Wildman–Crippen LogP) is 4.15. The van der Waals surface area contributed by atoms with Crippen molar-refractivity contribution in [1.82, 2.24) is 0 Å². The lowest BCUT2D eigenvalue weighted by Gasteiger charge is -2.09. The summed E-state index contributed by atoms with van der Waals surface area (Å²) in [5.41, 5.74) is 2.66. The molecule has 0 aliphatic heterocycles. The van der Waals surface area contributed by atoms with E-state index in [0.717, 1.165) is 11.1 Å². The molecule has 0 aromatic heterocycles. The fraction of sp³-hybridized carbons (Fsp3) is 0.0625. The summed E-state index contributed by atoms with van der Waals surface area (Å²) in [6, 6.07) is 16.0. The summed E-state index contributed by atoms with van der Waals surface area (Å²) in [6.07, 6.45) is 1.86. The first-order chi connectivity index (χ1) is 8.76. The molecule has 88 valence electrons. The fourth-order valence-corrected chi connectivity index (χ4v) is 1.90. The van der Waals surface area contributed by atoms with Crippen molar-refractivity contribution >= 4 is 5.57 Å².